The second-order valence-electron chi connectivity index (χ2n) is 8.97. The lowest BCUT2D eigenvalue weighted by Crippen LogP contribution is -2.38. The van der Waals surface area contributed by atoms with Gasteiger partial charge < -0.3 is 14.2 Å². The van der Waals surface area contributed by atoms with Crippen molar-refractivity contribution in [3.63, 3.8) is 0 Å². The summed E-state index contributed by atoms with van der Waals surface area (Å²) in [5, 5.41) is 6.24. The fourth-order valence-electron chi connectivity index (χ4n) is 4.70. The second kappa shape index (κ2) is 8.87. The number of fused-ring (bicyclic) bond motifs is 1. The number of carbonyl (C=O) groups excluding carboxylic acids is 1. The highest BCUT2D eigenvalue weighted by molar-refractivity contribution is 6.09. The molecule has 2 aromatic carbocycles. The van der Waals surface area contributed by atoms with Crippen LogP contribution in [0.2, 0.25) is 0 Å². The highest BCUT2D eigenvalue weighted by Gasteiger charge is 2.29. The molecule has 0 unspecified atom stereocenters. The van der Waals surface area contributed by atoms with Gasteiger partial charge in [-0.1, -0.05) is 55.4 Å². The van der Waals surface area contributed by atoms with Crippen molar-refractivity contribution in [3.05, 3.63) is 65.3 Å². The molecular formula is C26H29N3O3. The average Bonchev–Trinajstić information content (AvgIpc) is 3.34. The third-order valence-corrected chi connectivity index (χ3v) is 6.57. The molecule has 0 N–H and O–H groups in total. The fraction of sp³-hybridized carbons (Fsp3) is 0.423. The number of piperidine rings is 1. The first kappa shape index (κ1) is 20.9. The van der Waals surface area contributed by atoms with Crippen molar-refractivity contribution >= 4 is 22.3 Å². The van der Waals surface area contributed by atoms with Gasteiger partial charge >= 0.3 is 0 Å². The van der Waals surface area contributed by atoms with E-state index >= 15 is 0 Å². The normalized spacial score (nSPS) is 17.7. The van der Waals surface area contributed by atoms with Gasteiger partial charge in [0.2, 0.25) is 5.89 Å². The number of rotatable bonds is 4. The van der Waals surface area contributed by atoms with E-state index in [-0.39, 0.29) is 17.7 Å². The largest absolute Gasteiger partial charge is 0.377 e. The van der Waals surface area contributed by atoms with Gasteiger partial charge in [-0.05, 0) is 47.2 Å². The molecule has 0 radical (unpaired) electrons. The molecule has 0 bridgehead atoms. The summed E-state index contributed by atoms with van der Waals surface area (Å²) in [6.07, 6.45) is 4.74. The van der Waals surface area contributed by atoms with Crippen LogP contribution in [0.3, 0.4) is 0 Å². The van der Waals surface area contributed by atoms with E-state index < -0.39 is 0 Å². The summed E-state index contributed by atoms with van der Waals surface area (Å²) in [6, 6.07) is 12.3. The molecule has 1 aromatic heterocycles. The van der Waals surface area contributed by atoms with Crippen LogP contribution in [0.25, 0.3) is 16.3 Å². The van der Waals surface area contributed by atoms with Crippen LogP contribution < -0.4 is 0 Å². The van der Waals surface area contributed by atoms with E-state index in [1.807, 2.05) is 17.0 Å². The van der Waals surface area contributed by atoms with Crippen LogP contribution in [0.15, 0.2) is 47.0 Å². The summed E-state index contributed by atoms with van der Waals surface area (Å²) in [5.41, 5.74) is 3.28. The Morgan fingerprint density at radius 2 is 1.88 bits per heavy atom. The van der Waals surface area contributed by atoms with Gasteiger partial charge in [0, 0.05) is 30.5 Å². The van der Waals surface area contributed by atoms with Crippen LogP contribution in [0.4, 0.5) is 0 Å². The number of hydrogen-bond donors (Lipinski definition) is 0. The first-order valence-corrected chi connectivity index (χ1v) is 11.5. The molecule has 0 aliphatic carbocycles. The predicted octanol–water partition coefficient (Wildman–Crippen LogP) is 5.17. The molecule has 1 fully saturated rings. The molecule has 2 aliphatic heterocycles. The second-order valence-corrected chi connectivity index (χ2v) is 8.97. The van der Waals surface area contributed by atoms with E-state index in [1.54, 1.807) is 0 Å². The Labute approximate surface area is 188 Å². The van der Waals surface area contributed by atoms with Gasteiger partial charge in [-0.15, -0.1) is 0 Å². The third kappa shape index (κ3) is 3.95. The molecule has 0 spiro atoms. The van der Waals surface area contributed by atoms with Gasteiger partial charge in [-0.3, -0.25) is 4.79 Å². The lowest BCUT2D eigenvalue weighted by atomic mass is 9.92. The first-order chi connectivity index (χ1) is 15.6. The van der Waals surface area contributed by atoms with Crippen LogP contribution in [0, 0.1) is 0 Å². The summed E-state index contributed by atoms with van der Waals surface area (Å²) >= 11 is 0. The molecule has 166 valence electrons. The number of likely N-dealkylation sites (tertiary alicyclic amines) is 1. The Kier molecular flexibility index (Phi) is 5.79. The van der Waals surface area contributed by atoms with Crippen LogP contribution in [0.1, 0.15) is 72.6 Å². The van der Waals surface area contributed by atoms with Crippen LogP contribution in [0.5, 0.6) is 0 Å². The maximum Gasteiger partial charge on any atom is 0.254 e. The van der Waals surface area contributed by atoms with E-state index in [1.165, 1.54) is 11.1 Å². The van der Waals surface area contributed by atoms with E-state index in [9.17, 15) is 4.79 Å². The molecule has 1 amide bonds. The minimum Gasteiger partial charge on any atom is -0.377 e. The van der Waals surface area contributed by atoms with Crippen molar-refractivity contribution in [2.75, 3.05) is 26.3 Å². The van der Waals surface area contributed by atoms with Crippen molar-refractivity contribution in [2.45, 2.75) is 44.9 Å². The van der Waals surface area contributed by atoms with Gasteiger partial charge in [0.15, 0.2) is 5.82 Å². The number of nitrogens with zero attached hydrogens (tertiary/aromatic N) is 3. The lowest BCUT2D eigenvalue weighted by molar-refractivity contribution is 0.0706. The van der Waals surface area contributed by atoms with Crippen molar-refractivity contribution in [2.24, 2.45) is 0 Å². The standard InChI is InChI=1S/C26H29N3O3/c1-17(2)24-27-25(32-28-24)19-9-13-29(14-10-19)26(30)23-8-4-6-21-20(5-3-7-22(21)23)18-11-15-31-16-12-18/h3-8,11,17,19H,9-10,12-16H2,1-2H3. The summed E-state index contributed by atoms with van der Waals surface area (Å²) in [6.45, 7) is 6.91. The van der Waals surface area contributed by atoms with Crippen molar-refractivity contribution in [1.82, 2.24) is 15.0 Å². The number of aromatic nitrogens is 2. The van der Waals surface area contributed by atoms with E-state index in [0.717, 1.165) is 48.0 Å². The van der Waals surface area contributed by atoms with E-state index in [4.69, 9.17) is 9.26 Å². The Morgan fingerprint density at radius 1 is 1.09 bits per heavy atom. The first-order valence-electron chi connectivity index (χ1n) is 11.5. The van der Waals surface area contributed by atoms with Gasteiger partial charge in [0.1, 0.15) is 0 Å². The summed E-state index contributed by atoms with van der Waals surface area (Å²) < 4.78 is 11.0. The number of carbonyl (C=O) groups is 1. The average molecular weight is 432 g/mol. The molecule has 0 atom stereocenters. The zero-order valence-corrected chi connectivity index (χ0v) is 18.7. The number of amides is 1. The number of ether oxygens (including phenoxy) is 1. The molecule has 32 heavy (non-hydrogen) atoms. The summed E-state index contributed by atoms with van der Waals surface area (Å²) in [5.74, 6) is 2.03. The van der Waals surface area contributed by atoms with Crippen molar-refractivity contribution < 1.29 is 14.1 Å². The molecule has 6 nitrogen and oxygen atoms in total. The highest BCUT2D eigenvalue weighted by atomic mass is 16.5. The van der Waals surface area contributed by atoms with Crippen molar-refractivity contribution in [3.8, 4) is 0 Å². The zero-order valence-electron chi connectivity index (χ0n) is 18.7. The minimum absolute atomic E-state index is 0.0977. The molecule has 1 saturated heterocycles. The number of hydrogen-bond acceptors (Lipinski definition) is 5. The maximum atomic E-state index is 13.5. The molecule has 3 aromatic rings. The van der Waals surface area contributed by atoms with E-state index in [0.29, 0.717) is 25.6 Å². The Morgan fingerprint density at radius 3 is 2.59 bits per heavy atom. The van der Waals surface area contributed by atoms with Crippen LogP contribution in [-0.4, -0.2) is 47.3 Å². The quantitative estimate of drug-likeness (QED) is 0.570. The Balaban J connectivity index is 1.36. The smallest absolute Gasteiger partial charge is 0.254 e. The molecule has 2 aliphatic rings. The Bertz CT molecular complexity index is 1160. The monoisotopic (exact) mass is 431 g/mol. The third-order valence-electron chi connectivity index (χ3n) is 6.57. The van der Waals surface area contributed by atoms with Crippen LogP contribution >= 0.6 is 0 Å². The molecule has 3 heterocycles. The fourth-order valence-corrected chi connectivity index (χ4v) is 4.70. The molecule has 0 saturated carbocycles. The maximum absolute atomic E-state index is 13.5. The topological polar surface area (TPSA) is 68.5 Å². The SMILES string of the molecule is CC(C)c1noc(C2CCN(C(=O)c3cccc4c(C5=CCOCC5)cccc34)CC2)n1. The molecule has 5 rings (SSSR count). The number of benzene rings is 2. The molecule has 6 heteroatoms. The van der Waals surface area contributed by atoms with Gasteiger partial charge in [-0.25, -0.2) is 0 Å². The van der Waals surface area contributed by atoms with Crippen molar-refractivity contribution in [1.29, 1.82) is 0 Å². The van der Waals surface area contributed by atoms with Gasteiger partial charge in [-0.2, -0.15) is 4.98 Å². The van der Waals surface area contributed by atoms with Gasteiger partial charge in [0.05, 0.1) is 13.2 Å². The predicted molar refractivity (Wildman–Crippen MR) is 124 cm³/mol. The Hall–Kier alpha value is -2.99. The lowest BCUT2D eigenvalue weighted by Gasteiger charge is -2.31. The minimum atomic E-state index is 0.0977. The van der Waals surface area contributed by atoms with Gasteiger partial charge in [0.25, 0.3) is 5.91 Å². The molecular weight excluding hydrogens is 402 g/mol. The van der Waals surface area contributed by atoms with E-state index in [2.05, 4.69) is 54.3 Å². The summed E-state index contributed by atoms with van der Waals surface area (Å²) in [4.78, 5) is 20.0. The highest BCUT2D eigenvalue weighted by Crippen LogP contribution is 2.32. The van der Waals surface area contributed by atoms with Crippen LogP contribution in [-0.2, 0) is 4.74 Å². The zero-order chi connectivity index (χ0) is 22.1. The summed E-state index contributed by atoms with van der Waals surface area (Å²) in [7, 11) is 0.